The third-order valence-corrected chi connectivity index (χ3v) is 5.91. The lowest BCUT2D eigenvalue weighted by Gasteiger charge is -2.31. The van der Waals surface area contributed by atoms with E-state index in [-0.39, 0.29) is 36.5 Å². The van der Waals surface area contributed by atoms with E-state index >= 15 is 0 Å². The van der Waals surface area contributed by atoms with Gasteiger partial charge in [0, 0.05) is 0 Å². The minimum absolute atomic E-state index is 0.167. The van der Waals surface area contributed by atoms with Crippen molar-refractivity contribution >= 4 is 40.1 Å². The molecule has 2 amide bonds. The van der Waals surface area contributed by atoms with Gasteiger partial charge in [-0.05, 0) is 33.3 Å². The van der Waals surface area contributed by atoms with Gasteiger partial charge in [0.05, 0.1) is 49.8 Å². The molecule has 1 aromatic rings. The minimum Gasteiger partial charge on any atom is -0.462 e. The molecule has 0 aromatic carbocycles. The Labute approximate surface area is 173 Å². The molecular weight excluding hydrogens is 398 g/mol. The average Bonchev–Trinajstić information content (AvgIpc) is 2.98. The average molecular weight is 427 g/mol. The first-order valence-corrected chi connectivity index (χ1v) is 10.5. The maximum Gasteiger partial charge on any atom is 0.410 e. The van der Waals surface area contributed by atoms with Gasteiger partial charge in [-0.3, -0.25) is 14.5 Å². The lowest BCUT2D eigenvalue weighted by molar-refractivity contribution is -0.895. The molecule has 9 nitrogen and oxygen atoms in total. The fraction of sp³-hybridized carbons (Fsp3) is 0.579. The number of amides is 2. The Kier molecular flexibility index (Phi) is 8.15. The van der Waals surface area contributed by atoms with Crippen molar-refractivity contribution in [3.63, 3.8) is 0 Å². The second kappa shape index (κ2) is 10.4. The zero-order valence-electron chi connectivity index (χ0n) is 17.3. The lowest BCUT2D eigenvalue weighted by Crippen LogP contribution is -3.15. The van der Waals surface area contributed by atoms with Crippen LogP contribution in [0.5, 0.6) is 0 Å². The normalized spacial score (nSPS) is 14.4. The highest BCUT2D eigenvalue weighted by Gasteiger charge is 2.28. The Balaban J connectivity index is 2.02. The molecule has 0 saturated carbocycles. The third-order valence-electron chi connectivity index (χ3n) is 4.61. The van der Waals surface area contributed by atoms with E-state index < -0.39 is 5.97 Å². The number of carbonyl (C=O) groups is 4. The van der Waals surface area contributed by atoms with Gasteiger partial charge in [0.25, 0.3) is 5.91 Å². The topological polar surface area (TPSA) is 106 Å². The van der Waals surface area contributed by atoms with Gasteiger partial charge < -0.3 is 19.7 Å². The zero-order valence-corrected chi connectivity index (χ0v) is 18.1. The first kappa shape index (κ1) is 22.8. The zero-order chi connectivity index (χ0) is 21.6. The van der Waals surface area contributed by atoms with Crippen LogP contribution in [0.3, 0.4) is 0 Å². The van der Waals surface area contributed by atoms with Gasteiger partial charge in [0.1, 0.15) is 5.00 Å². The van der Waals surface area contributed by atoms with E-state index in [1.165, 1.54) is 6.92 Å². The van der Waals surface area contributed by atoms with Gasteiger partial charge in [-0.1, -0.05) is 0 Å². The molecular formula is C19H28N3O6S+. The molecule has 1 aliphatic heterocycles. The number of hydrogen-bond acceptors (Lipinski definition) is 7. The van der Waals surface area contributed by atoms with E-state index in [0.29, 0.717) is 48.2 Å². The number of anilines is 1. The van der Waals surface area contributed by atoms with Crippen molar-refractivity contribution in [2.75, 3.05) is 51.3 Å². The molecule has 0 radical (unpaired) electrons. The van der Waals surface area contributed by atoms with Gasteiger partial charge in [0.15, 0.2) is 12.3 Å². The molecule has 0 aliphatic carbocycles. The van der Waals surface area contributed by atoms with Crippen molar-refractivity contribution in [3.8, 4) is 0 Å². The summed E-state index contributed by atoms with van der Waals surface area (Å²) in [6, 6.07) is 0. The van der Waals surface area contributed by atoms with E-state index in [0.717, 1.165) is 16.2 Å². The molecule has 0 unspecified atom stereocenters. The molecule has 29 heavy (non-hydrogen) atoms. The minimum atomic E-state index is -0.556. The second-order valence-electron chi connectivity index (χ2n) is 6.70. The fourth-order valence-corrected chi connectivity index (χ4v) is 4.29. The Hall–Kier alpha value is -2.46. The largest absolute Gasteiger partial charge is 0.462 e. The van der Waals surface area contributed by atoms with Gasteiger partial charge >= 0.3 is 12.1 Å². The maximum absolute atomic E-state index is 12.6. The summed E-state index contributed by atoms with van der Waals surface area (Å²) in [5.74, 6) is -0.981. The van der Waals surface area contributed by atoms with Crippen molar-refractivity contribution in [3.05, 3.63) is 16.0 Å². The molecule has 2 rings (SSSR count). The smallest absolute Gasteiger partial charge is 0.410 e. The summed E-state index contributed by atoms with van der Waals surface area (Å²) in [5, 5.41) is 3.10. The Bertz CT molecular complexity index is 783. The molecule has 0 bridgehead atoms. The van der Waals surface area contributed by atoms with Gasteiger partial charge in [-0.2, -0.15) is 0 Å². The molecule has 0 atom stereocenters. The van der Waals surface area contributed by atoms with E-state index in [2.05, 4.69) is 5.32 Å². The standard InChI is InChI=1S/C19H27N3O6S/c1-5-27-18(25)15-12(3)16(13(4)23)29-17(15)20-14(24)11-21-7-9-22(10-8-21)19(26)28-6-2/h5-11H2,1-4H3,(H,20,24)/p+1. The van der Waals surface area contributed by atoms with Crippen LogP contribution >= 0.6 is 11.3 Å². The van der Waals surface area contributed by atoms with Gasteiger partial charge in [-0.25, -0.2) is 9.59 Å². The fourth-order valence-electron chi connectivity index (χ4n) is 3.18. The highest BCUT2D eigenvalue weighted by atomic mass is 32.1. The number of esters is 1. The number of nitrogens with zero attached hydrogens (tertiary/aromatic N) is 1. The van der Waals surface area contributed by atoms with Crippen LogP contribution in [0.1, 0.15) is 46.4 Å². The molecule has 10 heteroatoms. The van der Waals surface area contributed by atoms with Crippen molar-refractivity contribution in [2.45, 2.75) is 27.7 Å². The number of piperazine rings is 1. The van der Waals surface area contributed by atoms with Crippen LogP contribution in [0, 0.1) is 6.92 Å². The molecule has 1 saturated heterocycles. The van der Waals surface area contributed by atoms with Crippen LogP contribution in [-0.2, 0) is 14.3 Å². The predicted octanol–water partition coefficient (Wildman–Crippen LogP) is 0.731. The Morgan fingerprint density at radius 3 is 2.28 bits per heavy atom. The molecule has 2 N–H and O–H groups in total. The van der Waals surface area contributed by atoms with Gasteiger partial charge in [-0.15, -0.1) is 11.3 Å². The van der Waals surface area contributed by atoms with Crippen LogP contribution in [0.25, 0.3) is 0 Å². The van der Waals surface area contributed by atoms with Crippen molar-refractivity contribution < 1.29 is 33.6 Å². The summed E-state index contributed by atoms with van der Waals surface area (Å²) < 4.78 is 10.1. The Morgan fingerprint density at radius 1 is 1.10 bits per heavy atom. The summed E-state index contributed by atoms with van der Waals surface area (Å²) >= 11 is 1.09. The summed E-state index contributed by atoms with van der Waals surface area (Å²) in [5.41, 5.74) is 0.754. The highest BCUT2D eigenvalue weighted by Crippen LogP contribution is 2.34. The van der Waals surface area contributed by atoms with Crippen LogP contribution < -0.4 is 10.2 Å². The first-order chi connectivity index (χ1) is 13.8. The maximum atomic E-state index is 12.6. The highest BCUT2D eigenvalue weighted by molar-refractivity contribution is 7.18. The molecule has 2 heterocycles. The number of Topliss-reactive ketones (excluding diaryl/α,β-unsaturated/α-hetero) is 1. The summed E-state index contributed by atoms with van der Waals surface area (Å²) in [6.45, 7) is 9.57. The molecule has 1 aromatic heterocycles. The predicted molar refractivity (Wildman–Crippen MR) is 108 cm³/mol. The van der Waals surface area contributed by atoms with Crippen LogP contribution in [0.2, 0.25) is 0 Å². The van der Waals surface area contributed by atoms with E-state index in [4.69, 9.17) is 9.47 Å². The number of nitrogens with one attached hydrogen (secondary N) is 2. The second-order valence-corrected chi connectivity index (χ2v) is 7.72. The lowest BCUT2D eigenvalue weighted by atomic mass is 10.1. The van der Waals surface area contributed by atoms with Crippen molar-refractivity contribution in [1.82, 2.24) is 4.90 Å². The number of ether oxygens (including phenoxy) is 2. The third kappa shape index (κ3) is 5.77. The number of ketones is 1. The number of quaternary nitrogens is 1. The monoisotopic (exact) mass is 426 g/mol. The number of carbonyl (C=O) groups excluding carboxylic acids is 4. The summed E-state index contributed by atoms with van der Waals surface area (Å²) in [7, 11) is 0. The van der Waals surface area contributed by atoms with E-state index in [9.17, 15) is 19.2 Å². The molecule has 1 aliphatic rings. The molecule has 0 spiro atoms. The Morgan fingerprint density at radius 2 is 1.72 bits per heavy atom. The van der Waals surface area contributed by atoms with Crippen LogP contribution in [-0.4, -0.2) is 74.6 Å². The summed E-state index contributed by atoms with van der Waals surface area (Å²) in [4.78, 5) is 51.6. The molecule has 1 fully saturated rings. The number of thiophene rings is 1. The molecule has 160 valence electrons. The van der Waals surface area contributed by atoms with E-state index in [1.807, 2.05) is 0 Å². The number of rotatable bonds is 7. The SMILES string of the molecule is CCOC(=O)c1c(NC(=O)C[NH+]2CCN(C(=O)OCC)CC2)sc(C(C)=O)c1C. The quantitative estimate of drug-likeness (QED) is 0.492. The van der Waals surface area contributed by atoms with Crippen LogP contribution in [0.15, 0.2) is 0 Å². The van der Waals surface area contributed by atoms with Crippen molar-refractivity contribution in [2.24, 2.45) is 0 Å². The van der Waals surface area contributed by atoms with Crippen LogP contribution in [0.4, 0.5) is 9.80 Å². The summed E-state index contributed by atoms with van der Waals surface area (Å²) in [6.07, 6.45) is -0.332. The van der Waals surface area contributed by atoms with E-state index in [1.54, 1.807) is 25.7 Å². The van der Waals surface area contributed by atoms with Crippen molar-refractivity contribution in [1.29, 1.82) is 0 Å². The number of hydrogen-bond donors (Lipinski definition) is 2. The van der Waals surface area contributed by atoms with Gasteiger partial charge in [0.2, 0.25) is 0 Å². The first-order valence-electron chi connectivity index (χ1n) is 9.64.